The van der Waals surface area contributed by atoms with Crippen LogP contribution in [0.2, 0.25) is 0 Å². The average Bonchev–Trinajstić information content (AvgIpc) is 2.56. The first-order chi connectivity index (χ1) is 11.5. The second-order valence-corrected chi connectivity index (χ2v) is 6.68. The highest BCUT2D eigenvalue weighted by molar-refractivity contribution is 5.70. The lowest BCUT2D eigenvalue weighted by Gasteiger charge is -2.25. The molecule has 1 aromatic heterocycles. The molecule has 1 unspecified atom stereocenters. The Bertz CT molecular complexity index is 491. The molecule has 136 valence electrons. The minimum absolute atomic E-state index is 0.379. The Labute approximate surface area is 147 Å². The van der Waals surface area contributed by atoms with Crippen molar-refractivity contribution < 1.29 is 9.53 Å². The van der Waals surface area contributed by atoms with Gasteiger partial charge in [0.2, 0.25) is 0 Å². The molecule has 5 nitrogen and oxygen atoms in total. The van der Waals surface area contributed by atoms with Gasteiger partial charge in [0.25, 0.3) is 0 Å². The Hall–Kier alpha value is -1.62. The van der Waals surface area contributed by atoms with Crippen LogP contribution in [0.3, 0.4) is 0 Å². The molecule has 0 aliphatic rings. The molecule has 1 rings (SSSR count). The Morgan fingerprint density at radius 2 is 1.92 bits per heavy atom. The van der Waals surface area contributed by atoms with E-state index in [1.807, 2.05) is 0 Å². The van der Waals surface area contributed by atoms with Gasteiger partial charge in [-0.3, -0.25) is 9.88 Å². The monoisotopic (exact) mass is 335 g/mol. The fourth-order valence-corrected chi connectivity index (χ4v) is 2.48. The minimum atomic E-state index is -0.379. The van der Waals surface area contributed by atoms with E-state index in [1.54, 1.807) is 32.4 Å². The van der Waals surface area contributed by atoms with Crippen molar-refractivity contribution in [1.82, 2.24) is 14.8 Å². The highest BCUT2D eigenvalue weighted by atomic mass is 16.6. The van der Waals surface area contributed by atoms with Crippen LogP contribution in [0.1, 0.15) is 58.1 Å². The summed E-state index contributed by atoms with van der Waals surface area (Å²) in [7, 11) is 5.44. The van der Waals surface area contributed by atoms with E-state index in [4.69, 9.17) is 4.74 Å². The second-order valence-electron chi connectivity index (χ2n) is 6.68. The van der Waals surface area contributed by atoms with Crippen LogP contribution in [0.15, 0.2) is 18.3 Å². The first-order valence-electron chi connectivity index (χ1n) is 8.99. The van der Waals surface area contributed by atoms with E-state index in [-0.39, 0.29) is 6.09 Å². The van der Waals surface area contributed by atoms with Crippen LogP contribution in [0, 0.1) is 0 Å². The first-order valence-corrected chi connectivity index (χ1v) is 8.99. The van der Waals surface area contributed by atoms with Gasteiger partial charge in [-0.2, -0.15) is 0 Å². The summed E-state index contributed by atoms with van der Waals surface area (Å²) in [6.07, 6.45) is 9.05. The third-order valence-corrected chi connectivity index (χ3v) is 4.29. The number of unbranched alkanes of at least 4 members (excludes halogenated alkanes) is 4. The van der Waals surface area contributed by atoms with E-state index in [9.17, 15) is 4.79 Å². The van der Waals surface area contributed by atoms with Gasteiger partial charge in [-0.1, -0.05) is 39.0 Å². The quantitative estimate of drug-likeness (QED) is 0.597. The van der Waals surface area contributed by atoms with Gasteiger partial charge >= 0.3 is 6.09 Å². The van der Waals surface area contributed by atoms with E-state index in [2.05, 4.69) is 30.8 Å². The maximum absolute atomic E-state index is 11.8. The number of ether oxygens (including phenoxy) is 1. The molecule has 0 spiro atoms. The number of aromatic nitrogens is 1. The molecule has 1 amide bonds. The first kappa shape index (κ1) is 20.4. The van der Waals surface area contributed by atoms with Crippen molar-refractivity contribution >= 4 is 6.09 Å². The topological polar surface area (TPSA) is 45.7 Å². The molecule has 0 fully saturated rings. The fourth-order valence-electron chi connectivity index (χ4n) is 2.48. The van der Waals surface area contributed by atoms with Crippen molar-refractivity contribution in [2.45, 2.75) is 65.0 Å². The molecule has 0 aliphatic carbocycles. The van der Waals surface area contributed by atoms with Crippen LogP contribution in [-0.2, 0) is 6.54 Å². The van der Waals surface area contributed by atoms with Gasteiger partial charge < -0.3 is 9.64 Å². The number of amides is 1. The van der Waals surface area contributed by atoms with E-state index in [0.717, 1.165) is 5.69 Å². The molecular formula is C19H33N3O2. The number of rotatable bonds is 10. The molecule has 1 aromatic rings. The van der Waals surface area contributed by atoms with Gasteiger partial charge in [0.05, 0.1) is 5.69 Å². The SMILES string of the molecule is CCCCCCCC(C)N(C)Cc1ncccc1OC(=O)N(C)C. The van der Waals surface area contributed by atoms with E-state index in [1.165, 1.54) is 43.4 Å². The molecule has 0 aliphatic heterocycles. The molecule has 0 bridgehead atoms. The standard InChI is InChI=1S/C19H33N3O2/c1-6-7-8-9-10-12-16(2)22(5)15-17-18(13-11-14-20-17)24-19(23)21(3)4/h11,13-14,16H,6-10,12,15H2,1-5H3. The summed E-state index contributed by atoms with van der Waals surface area (Å²) >= 11 is 0. The predicted molar refractivity (Wildman–Crippen MR) is 98.3 cm³/mol. The van der Waals surface area contributed by atoms with Crippen molar-refractivity contribution in [3.63, 3.8) is 0 Å². The molecule has 1 atom stereocenters. The number of carbonyl (C=O) groups is 1. The van der Waals surface area contributed by atoms with Gasteiger partial charge in [0.1, 0.15) is 0 Å². The summed E-state index contributed by atoms with van der Waals surface area (Å²) in [6, 6.07) is 4.07. The predicted octanol–water partition coefficient (Wildman–Crippen LogP) is 4.32. The molecular weight excluding hydrogens is 302 g/mol. The fraction of sp³-hybridized carbons (Fsp3) is 0.684. The number of nitrogens with zero attached hydrogens (tertiary/aromatic N) is 3. The van der Waals surface area contributed by atoms with Gasteiger partial charge in [-0.05, 0) is 32.5 Å². The maximum Gasteiger partial charge on any atom is 0.414 e. The van der Waals surface area contributed by atoms with Gasteiger partial charge in [-0.25, -0.2) is 4.79 Å². The van der Waals surface area contributed by atoms with Gasteiger partial charge in [0.15, 0.2) is 5.75 Å². The zero-order valence-electron chi connectivity index (χ0n) is 15.9. The molecule has 0 saturated carbocycles. The Kier molecular flexibility index (Phi) is 9.38. The van der Waals surface area contributed by atoms with E-state index < -0.39 is 0 Å². The lowest BCUT2D eigenvalue weighted by atomic mass is 10.1. The van der Waals surface area contributed by atoms with Crippen molar-refractivity contribution in [3.8, 4) is 5.75 Å². The minimum Gasteiger partial charge on any atom is -0.408 e. The molecule has 24 heavy (non-hydrogen) atoms. The summed E-state index contributed by atoms with van der Waals surface area (Å²) in [6.45, 7) is 5.16. The number of carbonyl (C=O) groups excluding carboxylic acids is 1. The van der Waals surface area contributed by atoms with Crippen LogP contribution >= 0.6 is 0 Å². The van der Waals surface area contributed by atoms with Crippen LogP contribution in [0.25, 0.3) is 0 Å². The molecule has 5 heteroatoms. The molecule has 1 heterocycles. The molecule has 0 saturated heterocycles. The highest BCUT2D eigenvalue weighted by Crippen LogP contribution is 2.20. The van der Waals surface area contributed by atoms with Crippen LogP contribution < -0.4 is 4.74 Å². The summed E-state index contributed by atoms with van der Waals surface area (Å²) in [5.74, 6) is 0.540. The zero-order chi connectivity index (χ0) is 17.9. The third-order valence-electron chi connectivity index (χ3n) is 4.29. The summed E-state index contributed by atoms with van der Waals surface area (Å²) < 4.78 is 5.41. The largest absolute Gasteiger partial charge is 0.414 e. The molecule has 0 radical (unpaired) electrons. The lowest BCUT2D eigenvalue weighted by molar-refractivity contribution is 0.169. The smallest absolute Gasteiger partial charge is 0.408 e. The van der Waals surface area contributed by atoms with E-state index >= 15 is 0 Å². The van der Waals surface area contributed by atoms with Crippen LogP contribution in [-0.4, -0.2) is 48.1 Å². The van der Waals surface area contributed by atoms with E-state index in [0.29, 0.717) is 18.3 Å². The Balaban J connectivity index is 2.53. The summed E-state index contributed by atoms with van der Waals surface area (Å²) in [4.78, 5) is 19.9. The highest BCUT2D eigenvalue weighted by Gasteiger charge is 2.15. The third kappa shape index (κ3) is 7.30. The number of hydrogen-bond acceptors (Lipinski definition) is 4. The zero-order valence-corrected chi connectivity index (χ0v) is 15.9. The maximum atomic E-state index is 11.8. The molecule has 0 aromatic carbocycles. The van der Waals surface area contributed by atoms with Crippen molar-refractivity contribution in [2.75, 3.05) is 21.1 Å². The van der Waals surface area contributed by atoms with Gasteiger partial charge in [-0.15, -0.1) is 0 Å². The Morgan fingerprint density at radius 3 is 2.58 bits per heavy atom. The van der Waals surface area contributed by atoms with Crippen molar-refractivity contribution in [3.05, 3.63) is 24.0 Å². The number of pyridine rings is 1. The van der Waals surface area contributed by atoms with Crippen molar-refractivity contribution in [1.29, 1.82) is 0 Å². The molecule has 0 N–H and O–H groups in total. The van der Waals surface area contributed by atoms with Crippen LogP contribution in [0.4, 0.5) is 4.79 Å². The van der Waals surface area contributed by atoms with Crippen LogP contribution in [0.5, 0.6) is 5.75 Å². The van der Waals surface area contributed by atoms with Crippen molar-refractivity contribution in [2.24, 2.45) is 0 Å². The Morgan fingerprint density at radius 1 is 1.21 bits per heavy atom. The number of hydrogen-bond donors (Lipinski definition) is 0. The average molecular weight is 335 g/mol. The van der Waals surface area contributed by atoms with Gasteiger partial charge in [0, 0.05) is 32.9 Å². The summed E-state index contributed by atoms with van der Waals surface area (Å²) in [5.41, 5.74) is 0.799. The normalized spacial score (nSPS) is 12.2. The lowest BCUT2D eigenvalue weighted by Crippen LogP contribution is -2.30. The summed E-state index contributed by atoms with van der Waals surface area (Å²) in [5, 5.41) is 0. The second kappa shape index (κ2) is 11.0.